The van der Waals surface area contributed by atoms with Crippen LogP contribution in [0.1, 0.15) is 56.8 Å². The average Bonchev–Trinajstić information content (AvgIpc) is 3.13. The fraction of sp³-hybridized carbons (Fsp3) is 0.438. The summed E-state index contributed by atoms with van der Waals surface area (Å²) in [6, 6.07) is 3.49. The second kappa shape index (κ2) is 5.91. The van der Waals surface area contributed by atoms with E-state index in [4.69, 9.17) is 10.2 Å². The number of furan rings is 1. The minimum Gasteiger partial charge on any atom is -0.466 e. The normalized spacial score (nSPS) is 15.8. The number of carbonyl (C=O) groups excluding carboxylic acids is 2. The summed E-state index contributed by atoms with van der Waals surface area (Å²) in [5, 5.41) is 6.79. The van der Waals surface area contributed by atoms with Crippen molar-refractivity contribution in [2.24, 2.45) is 5.73 Å². The molecular formula is C16H20N4O3. The quantitative estimate of drug-likeness (QED) is 0.899. The van der Waals surface area contributed by atoms with Crippen molar-refractivity contribution in [3.8, 4) is 0 Å². The molecule has 0 saturated carbocycles. The van der Waals surface area contributed by atoms with Crippen LogP contribution in [0.5, 0.6) is 0 Å². The van der Waals surface area contributed by atoms with Gasteiger partial charge in [-0.25, -0.2) is 0 Å². The molecule has 1 aliphatic heterocycles. The zero-order chi connectivity index (χ0) is 16.6. The molecule has 0 unspecified atom stereocenters. The summed E-state index contributed by atoms with van der Waals surface area (Å²) >= 11 is 0. The maximum atomic E-state index is 12.6. The smallest absolute Gasteiger partial charge is 0.269 e. The van der Waals surface area contributed by atoms with Gasteiger partial charge in [0, 0.05) is 24.7 Å². The van der Waals surface area contributed by atoms with Gasteiger partial charge >= 0.3 is 0 Å². The minimum atomic E-state index is -0.536. The maximum Gasteiger partial charge on any atom is 0.269 e. The van der Waals surface area contributed by atoms with Gasteiger partial charge in [-0.15, -0.1) is 0 Å². The molecule has 7 nitrogen and oxygen atoms in total. The Morgan fingerprint density at radius 3 is 2.52 bits per heavy atom. The van der Waals surface area contributed by atoms with E-state index in [2.05, 4.69) is 10.2 Å². The number of piperidine rings is 1. The van der Waals surface area contributed by atoms with Crippen molar-refractivity contribution in [1.82, 2.24) is 15.1 Å². The Bertz CT molecular complexity index is 738. The van der Waals surface area contributed by atoms with Crippen LogP contribution in [0.3, 0.4) is 0 Å². The Hall–Kier alpha value is -2.57. The summed E-state index contributed by atoms with van der Waals surface area (Å²) in [6.45, 7) is 4.98. The zero-order valence-corrected chi connectivity index (χ0v) is 13.3. The molecule has 0 atom stereocenters. The molecule has 3 heterocycles. The third-order valence-corrected chi connectivity index (χ3v) is 4.34. The van der Waals surface area contributed by atoms with Crippen molar-refractivity contribution in [3.63, 3.8) is 0 Å². The maximum absolute atomic E-state index is 12.6. The number of nitrogens with one attached hydrogen (secondary N) is 1. The summed E-state index contributed by atoms with van der Waals surface area (Å²) < 4.78 is 5.44. The molecule has 1 fully saturated rings. The molecule has 0 radical (unpaired) electrons. The molecule has 2 aromatic rings. The van der Waals surface area contributed by atoms with Crippen LogP contribution in [-0.2, 0) is 0 Å². The summed E-state index contributed by atoms with van der Waals surface area (Å²) in [4.78, 5) is 25.5. The third-order valence-electron chi connectivity index (χ3n) is 4.34. The van der Waals surface area contributed by atoms with E-state index in [9.17, 15) is 9.59 Å². The fourth-order valence-electron chi connectivity index (χ4n) is 3.08. The lowest BCUT2D eigenvalue weighted by Crippen LogP contribution is -2.38. The molecule has 3 rings (SSSR count). The number of likely N-dealkylation sites (tertiary alicyclic amines) is 1. The lowest BCUT2D eigenvalue weighted by Gasteiger charge is -2.31. The standard InChI is InChI=1S/C16H20N4O3/c1-9-7-12(10(2)23-9)16(22)20-5-3-11(4-6-20)13-8-14(15(17)21)19-18-13/h7-8,11H,3-6H2,1-2H3,(H2,17,21)(H,18,19). The van der Waals surface area contributed by atoms with Crippen LogP contribution in [0.25, 0.3) is 0 Å². The third kappa shape index (κ3) is 2.99. The molecule has 3 N–H and O–H groups in total. The van der Waals surface area contributed by atoms with Crippen LogP contribution in [0, 0.1) is 13.8 Å². The number of hydrogen-bond donors (Lipinski definition) is 2. The summed E-state index contributed by atoms with van der Waals surface area (Å²) in [6.07, 6.45) is 1.64. The Balaban J connectivity index is 1.65. The fourth-order valence-corrected chi connectivity index (χ4v) is 3.08. The first-order valence-electron chi connectivity index (χ1n) is 7.67. The number of aryl methyl sites for hydroxylation is 2. The van der Waals surface area contributed by atoms with Gasteiger partial charge in [0.05, 0.1) is 5.56 Å². The Morgan fingerprint density at radius 2 is 2.00 bits per heavy atom. The highest BCUT2D eigenvalue weighted by Crippen LogP contribution is 2.28. The molecule has 0 spiro atoms. The Kier molecular flexibility index (Phi) is 3.94. The van der Waals surface area contributed by atoms with Crippen molar-refractivity contribution < 1.29 is 14.0 Å². The number of rotatable bonds is 3. The lowest BCUT2D eigenvalue weighted by molar-refractivity contribution is 0.0710. The number of H-pyrrole nitrogens is 1. The monoisotopic (exact) mass is 316 g/mol. The molecule has 1 aliphatic rings. The van der Waals surface area contributed by atoms with Gasteiger partial charge in [-0.05, 0) is 38.8 Å². The Labute approximate surface area is 133 Å². The van der Waals surface area contributed by atoms with E-state index in [0.717, 1.165) is 24.3 Å². The van der Waals surface area contributed by atoms with Gasteiger partial charge in [0.2, 0.25) is 0 Å². The number of amides is 2. The largest absolute Gasteiger partial charge is 0.466 e. The van der Waals surface area contributed by atoms with Gasteiger partial charge in [0.15, 0.2) is 0 Å². The van der Waals surface area contributed by atoms with Gasteiger partial charge in [0.1, 0.15) is 17.2 Å². The number of nitrogens with zero attached hydrogens (tertiary/aromatic N) is 2. The van der Waals surface area contributed by atoms with E-state index in [-0.39, 0.29) is 17.5 Å². The van der Waals surface area contributed by atoms with E-state index in [1.165, 1.54) is 0 Å². The van der Waals surface area contributed by atoms with E-state index >= 15 is 0 Å². The summed E-state index contributed by atoms with van der Waals surface area (Å²) in [5.74, 6) is 1.14. The first-order chi connectivity index (χ1) is 11.0. The molecular weight excluding hydrogens is 296 g/mol. The first kappa shape index (κ1) is 15.3. The Morgan fingerprint density at radius 1 is 1.30 bits per heavy atom. The minimum absolute atomic E-state index is 0.0141. The van der Waals surface area contributed by atoms with Crippen LogP contribution in [-0.4, -0.2) is 40.0 Å². The number of aromatic nitrogens is 2. The van der Waals surface area contributed by atoms with Crippen LogP contribution < -0.4 is 5.73 Å². The molecule has 23 heavy (non-hydrogen) atoms. The molecule has 0 aliphatic carbocycles. The average molecular weight is 316 g/mol. The van der Waals surface area contributed by atoms with Crippen molar-refractivity contribution in [2.45, 2.75) is 32.6 Å². The highest BCUT2D eigenvalue weighted by molar-refractivity contribution is 5.95. The topological polar surface area (TPSA) is 105 Å². The molecule has 0 bridgehead atoms. The lowest BCUT2D eigenvalue weighted by atomic mass is 9.93. The zero-order valence-electron chi connectivity index (χ0n) is 13.3. The highest BCUT2D eigenvalue weighted by Gasteiger charge is 2.27. The number of nitrogens with two attached hydrogens (primary N) is 1. The number of carbonyl (C=O) groups is 2. The van der Waals surface area contributed by atoms with Gasteiger partial charge in [0.25, 0.3) is 11.8 Å². The second-order valence-electron chi connectivity index (χ2n) is 5.97. The molecule has 2 aromatic heterocycles. The van der Waals surface area contributed by atoms with Gasteiger partial charge < -0.3 is 15.1 Å². The van der Waals surface area contributed by atoms with E-state index < -0.39 is 5.91 Å². The van der Waals surface area contributed by atoms with Gasteiger partial charge in [-0.1, -0.05) is 0 Å². The van der Waals surface area contributed by atoms with Crippen LogP contribution in [0.15, 0.2) is 16.5 Å². The second-order valence-corrected chi connectivity index (χ2v) is 5.97. The van der Waals surface area contributed by atoms with E-state index in [1.54, 1.807) is 12.1 Å². The predicted octanol–water partition coefficient (Wildman–Crippen LogP) is 1.74. The first-order valence-corrected chi connectivity index (χ1v) is 7.67. The predicted molar refractivity (Wildman–Crippen MR) is 83.2 cm³/mol. The molecule has 122 valence electrons. The number of aromatic amines is 1. The highest BCUT2D eigenvalue weighted by atomic mass is 16.3. The number of hydrogen-bond acceptors (Lipinski definition) is 4. The van der Waals surface area contributed by atoms with Crippen molar-refractivity contribution in [2.75, 3.05) is 13.1 Å². The van der Waals surface area contributed by atoms with Crippen molar-refractivity contribution >= 4 is 11.8 Å². The summed E-state index contributed by atoms with van der Waals surface area (Å²) in [7, 11) is 0. The van der Waals surface area contributed by atoms with Crippen molar-refractivity contribution in [1.29, 1.82) is 0 Å². The van der Waals surface area contributed by atoms with Gasteiger partial charge in [-0.2, -0.15) is 5.10 Å². The van der Waals surface area contributed by atoms with Gasteiger partial charge in [-0.3, -0.25) is 14.7 Å². The molecule has 0 aromatic carbocycles. The van der Waals surface area contributed by atoms with Crippen LogP contribution in [0.2, 0.25) is 0 Å². The number of primary amides is 1. The van der Waals surface area contributed by atoms with Crippen molar-refractivity contribution in [3.05, 3.63) is 40.6 Å². The van der Waals surface area contributed by atoms with E-state index in [1.807, 2.05) is 18.7 Å². The van der Waals surface area contributed by atoms with Crippen LogP contribution >= 0.6 is 0 Å². The van der Waals surface area contributed by atoms with Crippen LogP contribution in [0.4, 0.5) is 0 Å². The summed E-state index contributed by atoms with van der Waals surface area (Å²) in [5.41, 5.74) is 7.01. The molecule has 7 heteroatoms. The molecule has 1 saturated heterocycles. The molecule has 2 amide bonds. The SMILES string of the molecule is Cc1cc(C(=O)N2CCC(c3cc(C(N)=O)n[nH]3)CC2)c(C)o1. The van der Waals surface area contributed by atoms with E-state index in [0.29, 0.717) is 24.4 Å².